The van der Waals surface area contributed by atoms with Crippen molar-refractivity contribution in [1.82, 2.24) is 14.6 Å². The van der Waals surface area contributed by atoms with Crippen LogP contribution in [-0.2, 0) is 6.18 Å². The minimum atomic E-state index is -4.53. The van der Waals surface area contributed by atoms with E-state index in [4.69, 9.17) is 0 Å². The third-order valence-electron chi connectivity index (χ3n) is 2.64. The summed E-state index contributed by atoms with van der Waals surface area (Å²) in [4.78, 5) is 15.7. The van der Waals surface area contributed by atoms with Crippen molar-refractivity contribution in [3.63, 3.8) is 0 Å². The average molecular weight is 312 g/mol. The molecule has 0 saturated heterocycles. The predicted octanol–water partition coefficient (Wildman–Crippen LogP) is 3.06. The number of aromatic nitrogens is 3. The number of nitrogens with zero attached hydrogens (tertiary/aromatic N) is 3. The average Bonchev–Trinajstić information content (AvgIpc) is 3.06. The maximum Gasteiger partial charge on any atom is 0.435 e. The van der Waals surface area contributed by atoms with Gasteiger partial charge in [0.05, 0.1) is 23.6 Å². The minimum absolute atomic E-state index is 0.0517. The molecule has 0 bridgehead atoms. The largest absolute Gasteiger partial charge is 0.435 e. The van der Waals surface area contributed by atoms with Crippen molar-refractivity contribution < 1.29 is 18.0 Å². The van der Waals surface area contributed by atoms with Crippen LogP contribution in [0.15, 0.2) is 35.3 Å². The normalized spacial score (nSPS) is 11.8. The van der Waals surface area contributed by atoms with Crippen LogP contribution >= 0.6 is 11.3 Å². The zero-order chi connectivity index (χ0) is 15.0. The molecular formula is C12H7F3N4OS. The number of halogens is 3. The number of fused-ring (bicyclic) bond motifs is 1. The number of rotatable bonds is 2. The van der Waals surface area contributed by atoms with Gasteiger partial charge in [-0.2, -0.15) is 29.6 Å². The molecule has 3 rings (SSSR count). The summed E-state index contributed by atoms with van der Waals surface area (Å²) in [5.74, 6) is -0.361. The Labute approximate surface area is 120 Å². The van der Waals surface area contributed by atoms with Crippen molar-refractivity contribution in [2.45, 2.75) is 6.18 Å². The fraction of sp³-hybridized carbons (Fsp3) is 0.0833. The van der Waals surface area contributed by atoms with Crippen LogP contribution in [-0.4, -0.2) is 20.5 Å². The molecule has 1 N–H and O–H groups in total. The minimum Gasteiger partial charge on any atom is -0.319 e. The van der Waals surface area contributed by atoms with E-state index in [1.165, 1.54) is 23.7 Å². The maximum atomic E-state index is 12.6. The molecule has 0 atom stereocenters. The number of nitrogens with one attached hydrogen (secondary N) is 1. The number of amides is 1. The number of carbonyl (C=O) groups excluding carboxylic acids is 1. The Balaban J connectivity index is 1.89. The van der Waals surface area contributed by atoms with Crippen molar-refractivity contribution in [2.75, 3.05) is 5.32 Å². The molecule has 3 aromatic rings. The van der Waals surface area contributed by atoms with Gasteiger partial charge in [0.15, 0.2) is 11.3 Å². The summed E-state index contributed by atoms with van der Waals surface area (Å²) in [6, 6.07) is 2.48. The van der Waals surface area contributed by atoms with E-state index in [1.807, 2.05) is 0 Å². The highest BCUT2D eigenvalue weighted by atomic mass is 32.1. The number of alkyl halides is 3. The zero-order valence-corrected chi connectivity index (χ0v) is 11.1. The molecule has 21 heavy (non-hydrogen) atoms. The smallest absolute Gasteiger partial charge is 0.319 e. The van der Waals surface area contributed by atoms with Crippen LogP contribution < -0.4 is 5.32 Å². The lowest BCUT2D eigenvalue weighted by Crippen LogP contribution is -2.11. The zero-order valence-electron chi connectivity index (χ0n) is 10.3. The molecule has 1 amide bonds. The molecule has 0 saturated carbocycles. The van der Waals surface area contributed by atoms with E-state index in [0.29, 0.717) is 5.56 Å². The topological polar surface area (TPSA) is 59.3 Å². The summed E-state index contributed by atoms with van der Waals surface area (Å²) in [5, 5.41) is 9.36. The van der Waals surface area contributed by atoms with Gasteiger partial charge in [0.2, 0.25) is 0 Å². The molecule has 0 aromatic carbocycles. The van der Waals surface area contributed by atoms with Gasteiger partial charge in [0, 0.05) is 11.4 Å². The summed E-state index contributed by atoms with van der Waals surface area (Å²) in [7, 11) is 0. The first kappa shape index (κ1) is 13.6. The van der Waals surface area contributed by atoms with Crippen LogP contribution in [0.1, 0.15) is 16.1 Å². The Morgan fingerprint density at radius 1 is 1.38 bits per heavy atom. The molecule has 9 heteroatoms. The van der Waals surface area contributed by atoms with Gasteiger partial charge in [-0.1, -0.05) is 0 Å². The summed E-state index contributed by atoms with van der Waals surface area (Å²) in [5.41, 5.74) is -0.251. The van der Waals surface area contributed by atoms with Crippen molar-refractivity contribution in [1.29, 1.82) is 0 Å². The van der Waals surface area contributed by atoms with Gasteiger partial charge in [-0.15, -0.1) is 0 Å². The van der Waals surface area contributed by atoms with E-state index in [0.717, 1.165) is 10.6 Å². The molecule has 0 radical (unpaired) electrons. The van der Waals surface area contributed by atoms with E-state index >= 15 is 0 Å². The van der Waals surface area contributed by atoms with Crippen LogP contribution in [0.4, 0.5) is 18.9 Å². The van der Waals surface area contributed by atoms with Crippen molar-refractivity contribution in [3.05, 3.63) is 46.5 Å². The first-order chi connectivity index (χ1) is 9.93. The number of hydrogen-bond acceptors (Lipinski definition) is 4. The van der Waals surface area contributed by atoms with Crippen molar-refractivity contribution in [2.24, 2.45) is 0 Å². The Hall–Kier alpha value is -2.42. The highest BCUT2D eigenvalue weighted by Gasteiger charge is 2.34. The fourth-order valence-corrected chi connectivity index (χ4v) is 2.31. The summed E-state index contributed by atoms with van der Waals surface area (Å²) < 4.78 is 38.6. The first-order valence-corrected chi connectivity index (χ1v) is 6.64. The highest BCUT2D eigenvalue weighted by Crippen LogP contribution is 2.28. The monoisotopic (exact) mass is 312 g/mol. The lowest BCUT2D eigenvalue weighted by atomic mass is 10.3. The van der Waals surface area contributed by atoms with Crippen LogP contribution in [0.25, 0.3) is 5.65 Å². The molecule has 5 nitrogen and oxygen atoms in total. The second kappa shape index (κ2) is 4.85. The van der Waals surface area contributed by atoms with Crippen LogP contribution in [0.2, 0.25) is 0 Å². The van der Waals surface area contributed by atoms with Gasteiger partial charge >= 0.3 is 6.18 Å². The van der Waals surface area contributed by atoms with Crippen molar-refractivity contribution >= 4 is 28.6 Å². The van der Waals surface area contributed by atoms with Gasteiger partial charge in [-0.25, -0.2) is 9.50 Å². The Morgan fingerprint density at radius 2 is 2.19 bits per heavy atom. The van der Waals surface area contributed by atoms with Gasteiger partial charge in [-0.3, -0.25) is 4.79 Å². The molecule has 0 aliphatic carbocycles. The van der Waals surface area contributed by atoms with Crippen molar-refractivity contribution in [3.8, 4) is 0 Å². The van der Waals surface area contributed by atoms with E-state index in [1.54, 1.807) is 16.8 Å². The first-order valence-electron chi connectivity index (χ1n) is 5.70. The van der Waals surface area contributed by atoms with Crippen LogP contribution in [0.5, 0.6) is 0 Å². The maximum absolute atomic E-state index is 12.6. The van der Waals surface area contributed by atoms with Gasteiger partial charge in [-0.05, 0) is 11.4 Å². The second-order valence-electron chi connectivity index (χ2n) is 4.14. The molecule has 3 heterocycles. The summed E-state index contributed by atoms with van der Waals surface area (Å²) in [6.45, 7) is 0. The summed E-state index contributed by atoms with van der Waals surface area (Å²) >= 11 is 1.37. The van der Waals surface area contributed by atoms with Gasteiger partial charge in [0.25, 0.3) is 5.91 Å². The Kier molecular flexibility index (Phi) is 3.13. The molecule has 0 spiro atoms. The molecular weight excluding hydrogens is 305 g/mol. The Bertz CT molecular complexity index is 795. The summed E-state index contributed by atoms with van der Waals surface area (Å²) in [6.07, 6.45) is -1.98. The molecule has 3 aromatic heterocycles. The quantitative estimate of drug-likeness (QED) is 0.791. The van der Waals surface area contributed by atoms with Crippen LogP contribution in [0, 0.1) is 0 Å². The number of carbonyl (C=O) groups is 1. The van der Waals surface area contributed by atoms with E-state index in [2.05, 4.69) is 15.4 Å². The molecule has 108 valence electrons. The molecule has 0 aliphatic heterocycles. The third-order valence-corrected chi connectivity index (χ3v) is 3.33. The SMILES string of the molecule is O=C(Nc1cnc2cc(C(F)(F)F)nn2c1)c1ccsc1. The highest BCUT2D eigenvalue weighted by molar-refractivity contribution is 7.08. The fourth-order valence-electron chi connectivity index (χ4n) is 1.68. The second-order valence-corrected chi connectivity index (χ2v) is 4.92. The number of thiophene rings is 1. The predicted molar refractivity (Wildman–Crippen MR) is 70.3 cm³/mol. The van der Waals surface area contributed by atoms with E-state index in [9.17, 15) is 18.0 Å². The molecule has 0 unspecified atom stereocenters. The number of hydrogen-bond donors (Lipinski definition) is 1. The van der Waals surface area contributed by atoms with Crippen LogP contribution in [0.3, 0.4) is 0 Å². The third kappa shape index (κ3) is 2.72. The van der Waals surface area contributed by atoms with Gasteiger partial charge in [0.1, 0.15) is 0 Å². The Morgan fingerprint density at radius 3 is 2.86 bits per heavy atom. The molecule has 0 fully saturated rings. The van der Waals surface area contributed by atoms with E-state index in [-0.39, 0.29) is 17.2 Å². The standard InChI is InChI=1S/C12H7F3N4OS/c13-12(14,15)9-3-10-16-4-8(5-19(10)18-9)17-11(20)7-1-2-21-6-7/h1-6H,(H,17,20). The molecule has 0 aliphatic rings. The number of anilines is 1. The lowest BCUT2D eigenvalue weighted by Gasteiger charge is -2.03. The van der Waals surface area contributed by atoms with E-state index < -0.39 is 11.9 Å². The lowest BCUT2D eigenvalue weighted by molar-refractivity contribution is -0.141. The van der Waals surface area contributed by atoms with Gasteiger partial charge < -0.3 is 5.32 Å².